The number of amidine groups is 1. The highest BCUT2D eigenvalue weighted by atomic mass is 32.1. The Balaban J connectivity index is 1.60. The second-order valence-corrected chi connectivity index (χ2v) is 7.32. The van der Waals surface area contributed by atoms with Crippen LogP contribution in [-0.2, 0) is 0 Å². The van der Waals surface area contributed by atoms with E-state index in [9.17, 15) is 5.11 Å². The Bertz CT molecular complexity index is 885. The summed E-state index contributed by atoms with van der Waals surface area (Å²) in [5, 5.41) is 30.4. The van der Waals surface area contributed by atoms with Crippen molar-refractivity contribution in [3.8, 4) is 17.3 Å². The van der Waals surface area contributed by atoms with Crippen molar-refractivity contribution in [3.63, 3.8) is 0 Å². The van der Waals surface area contributed by atoms with Crippen LogP contribution < -0.4 is 0 Å². The van der Waals surface area contributed by atoms with Gasteiger partial charge in [-0.15, -0.1) is 11.3 Å². The number of benzene rings is 1. The van der Waals surface area contributed by atoms with Gasteiger partial charge in [0.25, 0.3) is 0 Å². The first kappa shape index (κ1) is 15.9. The van der Waals surface area contributed by atoms with Crippen LogP contribution in [0.2, 0.25) is 0 Å². The summed E-state index contributed by atoms with van der Waals surface area (Å²) in [5.41, 5.74) is 2.91. The zero-order chi connectivity index (χ0) is 17.4. The molecule has 0 spiro atoms. The normalized spacial score (nSPS) is 18.2. The lowest BCUT2D eigenvalue weighted by Gasteiger charge is -2.25. The maximum Gasteiger partial charge on any atom is 0.135 e. The van der Waals surface area contributed by atoms with Gasteiger partial charge in [-0.1, -0.05) is 25.0 Å². The zero-order valence-electron chi connectivity index (χ0n) is 13.7. The largest absolute Gasteiger partial charge is 0.510 e. The molecule has 1 fully saturated rings. The van der Waals surface area contributed by atoms with Crippen LogP contribution in [0.1, 0.15) is 36.3 Å². The topological polar surface area (TPSA) is 84.0 Å². The molecule has 1 aliphatic heterocycles. The molecule has 0 atom stereocenters. The Morgan fingerprint density at radius 2 is 1.96 bits per heavy atom. The predicted molar refractivity (Wildman–Crippen MR) is 98.5 cm³/mol. The smallest absolute Gasteiger partial charge is 0.135 e. The fourth-order valence-corrected chi connectivity index (χ4v) is 4.48. The monoisotopic (exact) mass is 350 g/mol. The van der Waals surface area contributed by atoms with Crippen molar-refractivity contribution in [1.82, 2.24) is 9.88 Å². The Morgan fingerprint density at radius 3 is 2.64 bits per heavy atom. The van der Waals surface area contributed by atoms with Crippen LogP contribution in [0, 0.1) is 16.7 Å². The van der Waals surface area contributed by atoms with Gasteiger partial charge in [-0.3, -0.25) is 5.41 Å². The minimum atomic E-state index is 0.248. The number of aliphatic hydroxyl groups excluding tert-OH is 1. The molecule has 0 radical (unpaired) electrons. The van der Waals surface area contributed by atoms with Gasteiger partial charge in [0.05, 0.1) is 29.4 Å². The Morgan fingerprint density at radius 1 is 1.24 bits per heavy atom. The molecule has 2 aliphatic rings. The van der Waals surface area contributed by atoms with Crippen molar-refractivity contribution in [3.05, 3.63) is 46.0 Å². The average Bonchev–Trinajstić information content (AvgIpc) is 3.36. The van der Waals surface area contributed by atoms with Crippen LogP contribution in [-0.4, -0.2) is 33.4 Å². The highest BCUT2D eigenvalue weighted by Gasteiger charge is 2.35. The molecule has 2 N–H and O–H groups in total. The SMILES string of the molecule is N#Cc1ccc(-c2csc(C3=C(O)CN(C4CCCC4)C3=N)n2)cc1. The highest BCUT2D eigenvalue weighted by Crippen LogP contribution is 2.35. The first-order valence-electron chi connectivity index (χ1n) is 8.41. The van der Waals surface area contributed by atoms with Crippen LogP contribution in [0.25, 0.3) is 16.8 Å². The van der Waals surface area contributed by atoms with Crippen molar-refractivity contribution in [2.24, 2.45) is 0 Å². The predicted octanol–water partition coefficient (Wildman–Crippen LogP) is 4.19. The summed E-state index contributed by atoms with van der Waals surface area (Å²) in [5.74, 6) is 0.641. The maximum absolute atomic E-state index is 10.4. The summed E-state index contributed by atoms with van der Waals surface area (Å²) in [4.78, 5) is 6.64. The number of nitrogens with zero attached hydrogens (tertiary/aromatic N) is 3. The first-order valence-corrected chi connectivity index (χ1v) is 9.29. The molecule has 1 aromatic carbocycles. The molecule has 0 saturated heterocycles. The molecule has 0 bridgehead atoms. The number of hydrogen-bond acceptors (Lipinski definition) is 5. The van der Waals surface area contributed by atoms with Gasteiger partial charge in [-0.2, -0.15) is 5.26 Å². The van der Waals surface area contributed by atoms with Gasteiger partial charge in [0.1, 0.15) is 16.6 Å². The van der Waals surface area contributed by atoms with E-state index >= 15 is 0 Å². The Labute approximate surface area is 150 Å². The summed E-state index contributed by atoms with van der Waals surface area (Å²) >= 11 is 1.44. The van der Waals surface area contributed by atoms with Crippen molar-refractivity contribution in [1.29, 1.82) is 10.7 Å². The highest BCUT2D eigenvalue weighted by molar-refractivity contribution is 7.11. The van der Waals surface area contributed by atoms with Gasteiger partial charge in [0.2, 0.25) is 0 Å². The van der Waals surface area contributed by atoms with Crippen molar-refractivity contribution in [2.45, 2.75) is 31.7 Å². The third kappa shape index (κ3) is 2.81. The van der Waals surface area contributed by atoms with E-state index in [0.29, 0.717) is 34.6 Å². The Hall–Kier alpha value is -2.65. The van der Waals surface area contributed by atoms with E-state index in [1.54, 1.807) is 12.1 Å². The fourth-order valence-electron chi connectivity index (χ4n) is 3.59. The van der Waals surface area contributed by atoms with E-state index < -0.39 is 0 Å². The first-order chi connectivity index (χ1) is 12.2. The van der Waals surface area contributed by atoms with Crippen LogP contribution in [0.5, 0.6) is 0 Å². The minimum Gasteiger partial charge on any atom is -0.510 e. The molecule has 2 heterocycles. The molecule has 1 saturated carbocycles. The lowest BCUT2D eigenvalue weighted by Crippen LogP contribution is -2.35. The molecule has 1 aliphatic carbocycles. The third-order valence-corrected chi connectivity index (χ3v) is 5.79. The number of thiazole rings is 1. The second-order valence-electron chi connectivity index (χ2n) is 6.46. The van der Waals surface area contributed by atoms with Crippen molar-refractivity contribution < 1.29 is 5.11 Å². The van der Waals surface area contributed by atoms with Gasteiger partial charge < -0.3 is 10.0 Å². The van der Waals surface area contributed by atoms with E-state index in [4.69, 9.17) is 10.7 Å². The minimum absolute atomic E-state index is 0.248. The van der Waals surface area contributed by atoms with Gasteiger partial charge in [-0.05, 0) is 25.0 Å². The fraction of sp³-hybridized carbons (Fsp3) is 0.316. The number of aromatic nitrogens is 1. The van der Waals surface area contributed by atoms with Crippen molar-refractivity contribution in [2.75, 3.05) is 6.54 Å². The van der Waals surface area contributed by atoms with Gasteiger partial charge >= 0.3 is 0 Å². The standard InChI is InChI=1S/C19H18N4OS/c20-9-12-5-7-13(8-6-12)15-11-25-19(22-15)17-16(24)10-23(18(17)21)14-3-1-2-4-14/h5-8,11,14,21,24H,1-4,10H2. The lowest BCUT2D eigenvalue weighted by atomic mass is 10.1. The van der Waals surface area contributed by atoms with Crippen molar-refractivity contribution >= 4 is 22.7 Å². The maximum atomic E-state index is 10.4. The molecular formula is C19H18N4OS. The molecule has 25 heavy (non-hydrogen) atoms. The van der Waals surface area contributed by atoms with E-state index in [1.807, 2.05) is 22.4 Å². The summed E-state index contributed by atoms with van der Waals surface area (Å²) in [7, 11) is 0. The van der Waals surface area contributed by atoms with Crippen LogP contribution >= 0.6 is 11.3 Å². The summed E-state index contributed by atoms with van der Waals surface area (Å²) < 4.78 is 0. The quantitative estimate of drug-likeness (QED) is 0.869. The molecule has 126 valence electrons. The van der Waals surface area contributed by atoms with E-state index in [2.05, 4.69) is 11.1 Å². The van der Waals surface area contributed by atoms with E-state index in [0.717, 1.165) is 24.1 Å². The average molecular weight is 350 g/mol. The number of aliphatic hydroxyl groups is 1. The number of nitriles is 1. The molecule has 4 rings (SSSR count). The van der Waals surface area contributed by atoms with E-state index in [1.165, 1.54) is 24.2 Å². The summed E-state index contributed by atoms with van der Waals surface area (Å²) in [6.07, 6.45) is 4.59. The molecule has 0 unspecified atom stereocenters. The molecular weight excluding hydrogens is 332 g/mol. The number of rotatable bonds is 3. The number of hydrogen-bond donors (Lipinski definition) is 2. The number of nitrogens with one attached hydrogen (secondary N) is 1. The van der Waals surface area contributed by atoms with Crippen LogP contribution in [0.15, 0.2) is 35.4 Å². The molecule has 1 aromatic heterocycles. The van der Waals surface area contributed by atoms with Crippen LogP contribution in [0.4, 0.5) is 0 Å². The molecule has 0 amide bonds. The molecule has 6 heteroatoms. The summed E-state index contributed by atoms with van der Waals surface area (Å²) in [6, 6.07) is 9.75. The summed E-state index contributed by atoms with van der Waals surface area (Å²) in [6.45, 7) is 0.421. The van der Waals surface area contributed by atoms with Gasteiger partial charge in [-0.25, -0.2) is 4.98 Å². The van der Waals surface area contributed by atoms with E-state index in [-0.39, 0.29) is 5.76 Å². The lowest BCUT2D eigenvalue weighted by molar-refractivity contribution is 0.296. The Kier molecular flexibility index (Phi) is 4.02. The van der Waals surface area contributed by atoms with Gasteiger partial charge in [0.15, 0.2) is 0 Å². The van der Waals surface area contributed by atoms with Crippen LogP contribution in [0.3, 0.4) is 0 Å². The molecule has 2 aromatic rings. The second kappa shape index (κ2) is 6.34. The molecule has 5 nitrogen and oxygen atoms in total. The zero-order valence-corrected chi connectivity index (χ0v) is 14.5. The van der Waals surface area contributed by atoms with Gasteiger partial charge in [0, 0.05) is 17.0 Å². The third-order valence-electron chi connectivity index (χ3n) is 4.93.